The number of aliphatic carboxylic acids is 1. The first kappa shape index (κ1) is 21.9. The summed E-state index contributed by atoms with van der Waals surface area (Å²) in [5.74, 6) is -2.01. The Morgan fingerprint density at radius 1 is 1.27 bits per heavy atom. The number of hydrogen-bond donors (Lipinski definition) is 4. The van der Waals surface area contributed by atoms with Crippen molar-refractivity contribution in [2.24, 2.45) is 11.7 Å². The van der Waals surface area contributed by atoms with Crippen molar-refractivity contribution in [2.75, 3.05) is 26.2 Å². The van der Waals surface area contributed by atoms with E-state index in [1.165, 1.54) is 6.92 Å². The fourth-order valence-electron chi connectivity index (χ4n) is 3.04. The Kier molecular flexibility index (Phi) is 9.64. The summed E-state index contributed by atoms with van der Waals surface area (Å²) in [6.07, 6.45) is 3.24. The number of nitrogens with two attached hydrogens (primary N) is 1. The lowest BCUT2D eigenvalue weighted by molar-refractivity contribution is -0.139. The average Bonchev–Trinajstić information content (AvgIpc) is 2.59. The molecule has 0 aromatic rings. The smallest absolute Gasteiger partial charge is 0.305 e. The van der Waals surface area contributed by atoms with Crippen molar-refractivity contribution in [1.29, 1.82) is 0 Å². The number of carboxylic acids is 1. The zero-order valence-corrected chi connectivity index (χ0v) is 15.3. The third-order valence-electron chi connectivity index (χ3n) is 4.36. The standard InChI is InChI=1S/C17H30N4O5/c1-12(22)20-14(6-2-3-8-18)17(26)21-10-4-5-13(11-21)16(25)19-9-7-15(23)24/h13-14H,2-11,18H2,1H3,(H,19,25)(H,20,22)(H,23,24)/t13?,14-/m1/s1. The van der Waals surface area contributed by atoms with Gasteiger partial charge in [-0.1, -0.05) is 0 Å². The van der Waals surface area contributed by atoms with Gasteiger partial charge in [-0.05, 0) is 38.6 Å². The highest BCUT2D eigenvalue weighted by atomic mass is 16.4. The first-order chi connectivity index (χ1) is 12.3. The van der Waals surface area contributed by atoms with Crippen molar-refractivity contribution in [3.8, 4) is 0 Å². The number of hydrogen-bond acceptors (Lipinski definition) is 5. The lowest BCUT2D eigenvalue weighted by Crippen LogP contribution is -2.52. The van der Waals surface area contributed by atoms with Crippen LogP contribution in [-0.4, -0.2) is 65.9 Å². The Morgan fingerprint density at radius 2 is 2.00 bits per heavy atom. The zero-order valence-electron chi connectivity index (χ0n) is 15.3. The highest BCUT2D eigenvalue weighted by molar-refractivity contribution is 5.87. The molecule has 0 radical (unpaired) electrons. The van der Waals surface area contributed by atoms with Gasteiger partial charge < -0.3 is 26.4 Å². The maximum absolute atomic E-state index is 12.8. The van der Waals surface area contributed by atoms with Gasteiger partial charge in [0.05, 0.1) is 12.3 Å². The van der Waals surface area contributed by atoms with E-state index in [9.17, 15) is 19.2 Å². The SMILES string of the molecule is CC(=O)N[C@H](CCCCN)C(=O)N1CCCC(C(=O)NCCC(=O)O)C1. The van der Waals surface area contributed by atoms with Gasteiger partial charge in [0, 0.05) is 26.6 Å². The van der Waals surface area contributed by atoms with Gasteiger partial charge in [-0.3, -0.25) is 19.2 Å². The molecule has 1 unspecified atom stereocenters. The molecule has 0 aliphatic carbocycles. The Labute approximate surface area is 153 Å². The summed E-state index contributed by atoms with van der Waals surface area (Å²) >= 11 is 0. The van der Waals surface area contributed by atoms with Crippen molar-refractivity contribution in [2.45, 2.75) is 51.5 Å². The second kappa shape index (κ2) is 11.5. The van der Waals surface area contributed by atoms with Crippen LogP contribution in [0.2, 0.25) is 0 Å². The summed E-state index contributed by atoms with van der Waals surface area (Å²) in [4.78, 5) is 48.5. The summed E-state index contributed by atoms with van der Waals surface area (Å²) in [6, 6.07) is -0.604. The number of carboxylic acid groups (broad SMARTS) is 1. The second-order valence-corrected chi connectivity index (χ2v) is 6.60. The number of rotatable bonds is 10. The number of carbonyl (C=O) groups is 4. The molecule has 3 amide bonds. The highest BCUT2D eigenvalue weighted by Crippen LogP contribution is 2.18. The van der Waals surface area contributed by atoms with E-state index >= 15 is 0 Å². The van der Waals surface area contributed by atoms with E-state index in [4.69, 9.17) is 10.8 Å². The van der Waals surface area contributed by atoms with Gasteiger partial charge >= 0.3 is 5.97 Å². The first-order valence-electron chi connectivity index (χ1n) is 9.10. The lowest BCUT2D eigenvalue weighted by atomic mass is 9.96. The van der Waals surface area contributed by atoms with Crippen LogP contribution in [-0.2, 0) is 19.2 Å². The Morgan fingerprint density at radius 3 is 2.62 bits per heavy atom. The van der Waals surface area contributed by atoms with Gasteiger partial charge in [-0.15, -0.1) is 0 Å². The molecule has 0 spiro atoms. The van der Waals surface area contributed by atoms with E-state index in [-0.39, 0.29) is 43.1 Å². The molecule has 26 heavy (non-hydrogen) atoms. The van der Waals surface area contributed by atoms with Crippen LogP contribution < -0.4 is 16.4 Å². The van der Waals surface area contributed by atoms with Gasteiger partial charge in [-0.25, -0.2) is 0 Å². The number of amides is 3. The number of piperidine rings is 1. The lowest BCUT2D eigenvalue weighted by Gasteiger charge is -2.34. The number of nitrogens with zero attached hydrogens (tertiary/aromatic N) is 1. The number of likely N-dealkylation sites (tertiary alicyclic amines) is 1. The maximum Gasteiger partial charge on any atom is 0.305 e. The quantitative estimate of drug-likeness (QED) is 0.380. The van der Waals surface area contributed by atoms with E-state index < -0.39 is 12.0 Å². The van der Waals surface area contributed by atoms with Crippen LogP contribution in [0.5, 0.6) is 0 Å². The molecule has 2 atom stereocenters. The molecule has 1 heterocycles. The van der Waals surface area contributed by atoms with Crippen molar-refractivity contribution >= 4 is 23.7 Å². The predicted molar refractivity (Wildman–Crippen MR) is 95.1 cm³/mol. The number of unbranched alkanes of at least 4 members (excludes halogenated alkanes) is 1. The van der Waals surface area contributed by atoms with Gasteiger partial charge in [-0.2, -0.15) is 0 Å². The van der Waals surface area contributed by atoms with Crippen LogP contribution in [0, 0.1) is 5.92 Å². The molecule has 9 nitrogen and oxygen atoms in total. The fourth-order valence-corrected chi connectivity index (χ4v) is 3.04. The monoisotopic (exact) mass is 370 g/mol. The maximum atomic E-state index is 12.8. The molecule has 5 N–H and O–H groups in total. The predicted octanol–water partition coefficient (Wildman–Crippen LogP) is -0.550. The van der Waals surface area contributed by atoms with Crippen LogP contribution in [0.4, 0.5) is 0 Å². The fraction of sp³-hybridized carbons (Fsp3) is 0.765. The highest BCUT2D eigenvalue weighted by Gasteiger charge is 2.31. The number of nitrogens with one attached hydrogen (secondary N) is 2. The molecule has 9 heteroatoms. The van der Waals surface area contributed by atoms with Crippen LogP contribution in [0.3, 0.4) is 0 Å². The average molecular weight is 370 g/mol. The topological polar surface area (TPSA) is 142 Å². The molecule has 1 aliphatic rings. The minimum Gasteiger partial charge on any atom is -0.481 e. The van der Waals surface area contributed by atoms with E-state index in [0.717, 1.165) is 12.8 Å². The second-order valence-electron chi connectivity index (χ2n) is 6.60. The van der Waals surface area contributed by atoms with Crippen molar-refractivity contribution < 1.29 is 24.3 Å². The summed E-state index contributed by atoms with van der Waals surface area (Å²) < 4.78 is 0. The van der Waals surface area contributed by atoms with Crippen molar-refractivity contribution in [1.82, 2.24) is 15.5 Å². The van der Waals surface area contributed by atoms with Crippen LogP contribution >= 0.6 is 0 Å². The minimum absolute atomic E-state index is 0.0756. The summed E-state index contributed by atoms with van der Waals surface area (Å²) in [7, 11) is 0. The summed E-state index contributed by atoms with van der Waals surface area (Å²) in [5, 5.41) is 13.9. The van der Waals surface area contributed by atoms with E-state index in [0.29, 0.717) is 32.4 Å². The van der Waals surface area contributed by atoms with Gasteiger partial charge in [0.25, 0.3) is 0 Å². The van der Waals surface area contributed by atoms with Crippen molar-refractivity contribution in [3.05, 3.63) is 0 Å². The first-order valence-corrected chi connectivity index (χ1v) is 9.10. The molecule has 1 rings (SSSR count). The van der Waals surface area contributed by atoms with E-state index in [1.54, 1.807) is 4.90 Å². The molecule has 0 bridgehead atoms. The van der Waals surface area contributed by atoms with Crippen LogP contribution in [0.15, 0.2) is 0 Å². The van der Waals surface area contributed by atoms with Gasteiger partial charge in [0.2, 0.25) is 17.7 Å². The van der Waals surface area contributed by atoms with E-state index in [1.807, 2.05) is 0 Å². The van der Waals surface area contributed by atoms with Crippen LogP contribution in [0.25, 0.3) is 0 Å². The van der Waals surface area contributed by atoms with E-state index in [2.05, 4.69) is 10.6 Å². The molecule has 0 aromatic heterocycles. The molecular formula is C17H30N4O5. The summed E-state index contributed by atoms with van der Waals surface area (Å²) in [5.41, 5.74) is 5.48. The zero-order chi connectivity index (χ0) is 19.5. The molecule has 0 aromatic carbocycles. The Bertz CT molecular complexity index is 511. The third-order valence-corrected chi connectivity index (χ3v) is 4.36. The minimum atomic E-state index is -0.971. The Balaban J connectivity index is 2.60. The molecule has 1 aliphatic heterocycles. The molecule has 1 saturated heterocycles. The van der Waals surface area contributed by atoms with Crippen LogP contribution in [0.1, 0.15) is 45.4 Å². The molecule has 148 valence electrons. The van der Waals surface area contributed by atoms with Gasteiger partial charge in [0.1, 0.15) is 6.04 Å². The third kappa shape index (κ3) is 7.81. The largest absolute Gasteiger partial charge is 0.481 e. The number of carbonyl (C=O) groups excluding carboxylic acids is 3. The molecule has 1 fully saturated rings. The van der Waals surface area contributed by atoms with Crippen molar-refractivity contribution in [3.63, 3.8) is 0 Å². The van der Waals surface area contributed by atoms with Gasteiger partial charge in [0.15, 0.2) is 0 Å². The normalized spacial score (nSPS) is 18.1. The molecular weight excluding hydrogens is 340 g/mol. The Hall–Kier alpha value is -2.16. The molecule has 0 saturated carbocycles. The summed E-state index contributed by atoms with van der Waals surface area (Å²) in [6.45, 7) is 2.81.